The summed E-state index contributed by atoms with van der Waals surface area (Å²) in [6, 6.07) is 7.61. The van der Waals surface area contributed by atoms with E-state index < -0.39 is 6.04 Å². The van der Waals surface area contributed by atoms with E-state index in [4.69, 9.17) is 4.74 Å². The van der Waals surface area contributed by atoms with Crippen molar-refractivity contribution in [3.05, 3.63) is 29.8 Å². The number of benzene rings is 1. The second kappa shape index (κ2) is 6.92. The van der Waals surface area contributed by atoms with E-state index in [0.717, 1.165) is 5.69 Å². The zero-order chi connectivity index (χ0) is 16.3. The summed E-state index contributed by atoms with van der Waals surface area (Å²) in [6.45, 7) is 7.11. The highest BCUT2D eigenvalue weighted by Crippen LogP contribution is 2.23. The number of anilines is 1. The van der Waals surface area contributed by atoms with E-state index in [0.29, 0.717) is 19.0 Å². The number of carbonyl (C=O) groups is 2. The van der Waals surface area contributed by atoms with Gasteiger partial charge in [0.05, 0.1) is 0 Å². The molecule has 1 saturated heterocycles. The Bertz CT molecular complexity index is 539. The molecule has 0 unspecified atom stereocenters. The van der Waals surface area contributed by atoms with E-state index >= 15 is 0 Å². The summed E-state index contributed by atoms with van der Waals surface area (Å²) in [7, 11) is 1.48. The minimum absolute atomic E-state index is 0.0146. The maximum absolute atomic E-state index is 12.6. The van der Waals surface area contributed by atoms with Crippen LogP contribution < -0.4 is 4.90 Å². The Hall–Kier alpha value is -1.88. The van der Waals surface area contributed by atoms with Crippen molar-refractivity contribution in [1.29, 1.82) is 0 Å². The van der Waals surface area contributed by atoms with Crippen LogP contribution in [0.4, 0.5) is 5.69 Å². The maximum atomic E-state index is 12.6. The highest BCUT2D eigenvalue weighted by atomic mass is 16.5. The number of ether oxygens (including phenoxy) is 1. The normalized spacial score (nSPS) is 19.0. The molecule has 120 valence electrons. The van der Waals surface area contributed by atoms with Crippen molar-refractivity contribution in [2.75, 3.05) is 31.7 Å². The van der Waals surface area contributed by atoms with Crippen LogP contribution in [0.2, 0.25) is 0 Å². The monoisotopic (exact) mass is 304 g/mol. The summed E-state index contributed by atoms with van der Waals surface area (Å²) >= 11 is 0. The molecule has 0 aliphatic carbocycles. The Morgan fingerprint density at radius 2 is 1.91 bits per heavy atom. The predicted molar refractivity (Wildman–Crippen MR) is 85.9 cm³/mol. The Balaban J connectivity index is 2.12. The minimum atomic E-state index is -0.457. The molecule has 22 heavy (non-hydrogen) atoms. The maximum Gasteiger partial charge on any atom is 0.249 e. The van der Waals surface area contributed by atoms with Gasteiger partial charge in [0.15, 0.2) is 0 Å². The number of amides is 2. The largest absolute Gasteiger partial charge is 0.375 e. The molecule has 1 atom stereocenters. The SMILES string of the molecule is COCC(=O)N1CCN(c2ccc(C(C)C)cc2)C(=O)[C@H]1C. The average molecular weight is 304 g/mol. The molecular formula is C17H24N2O3. The third-order valence-corrected chi connectivity index (χ3v) is 4.12. The molecule has 2 rings (SSSR count). The average Bonchev–Trinajstić information content (AvgIpc) is 2.50. The van der Waals surface area contributed by atoms with Crippen LogP contribution in [0.5, 0.6) is 0 Å². The van der Waals surface area contributed by atoms with Gasteiger partial charge in [0, 0.05) is 25.9 Å². The van der Waals surface area contributed by atoms with Gasteiger partial charge in [-0.25, -0.2) is 0 Å². The number of rotatable bonds is 4. The third kappa shape index (κ3) is 3.30. The summed E-state index contributed by atoms with van der Waals surface area (Å²) in [6.07, 6.45) is 0. The Kier molecular flexibility index (Phi) is 5.19. The van der Waals surface area contributed by atoms with E-state index in [9.17, 15) is 9.59 Å². The summed E-state index contributed by atoms with van der Waals surface area (Å²) in [4.78, 5) is 27.8. The Morgan fingerprint density at radius 3 is 2.45 bits per heavy atom. The quantitative estimate of drug-likeness (QED) is 0.855. The highest BCUT2D eigenvalue weighted by molar-refractivity contribution is 6.00. The third-order valence-electron chi connectivity index (χ3n) is 4.12. The molecule has 0 bridgehead atoms. The molecule has 5 nitrogen and oxygen atoms in total. The molecule has 0 spiro atoms. The molecular weight excluding hydrogens is 280 g/mol. The molecule has 5 heteroatoms. The number of hydrogen-bond donors (Lipinski definition) is 0. The standard InChI is InChI=1S/C17H24N2O3/c1-12(2)14-5-7-15(8-6-14)19-10-9-18(13(3)17(19)21)16(20)11-22-4/h5-8,12-13H,9-11H2,1-4H3/t13-/m1/s1. The first-order chi connectivity index (χ1) is 10.5. The van der Waals surface area contributed by atoms with Gasteiger partial charge in [0.1, 0.15) is 12.6 Å². The number of hydrogen-bond acceptors (Lipinski definition) is 3. The zero-order valence-electron chi connectivity index (χ0n) is 13.7. The number of methoxy groups -OCH3 is 1. The van der Waals surface area contributed by atoms with Crippen LogP contribution in [0, 0.1) is 0 Å². The molecule has 1 aliphatic heterocycles. The summed E-state index contributed by atoms with van der Waals surface area (Å²) in [5.74, 6) is 0.276. The molecule has 1 heterocycles. The summed E-state index contributed by atoms with van der Waals surface area (Å²) in [5.41, 5.74) is 2.14. The van der Waals surface area contributed by atoms with Crippen molar-refractivity contribution < 1.29 is 14.3 Å². The van der Waals surface area contributed by atoms with Crippen LogP contribution in [0.1, 0.15) is 32.3 Å². The van der Waals surface area contributed by atoms with Crippen molar-refractivity contribution >= 4 is 17.5 Å². The van der Waals surface area contributed by atoms with Gasteiger partial charge in [0.25, 0.3) is 0 Å². The molecule has 1 fully saturated rings. The van der Waals surface area contributed by atoms with Crippen LogP contribution in [-0.4, -0.2) is 49.6 Å². The van der Waals surface area contributed by atoms with Crippen LogP contribution in [0.15, 0.2) is 24.3 Å². The van der Waals surface area contributed by atoms with E-state index in [-0.39, 0.29) is 18.4 Å². The van der Waals surface area contributed by atoms with Crippen LogP contribution >= 0.6 is 0 Å². The zero-order valence-corrected chi connectivity index (χ0v) is 13.7. The fourth-order valence-electron chi connectivity index (χ4n) is 2.71. The molecule has 0 saturated carbocycles. The van der Waals surface area contributed by atoms with Crippen LogP contribution in [0.3, 0.4) is 0 Å². The highest BCUT2D eigenvalue weighted by Gasteiger charge is 2.34. The molecule has 0 aromatic heterocycles. The van der Waals surface area contributed by atoms with Crippen LogP contribution in [-0.2, 0) is 14.3 Å². The molecule has 1 aromatic carbocycles. The lowest BCUT2D eigenvalue weighted by atomic mass is 10.0. The lowest BCUT2D eigenvalue weighted by Gasteiger charge is -2.39. The van der Waals surface area contributed by atoms with Gasteiger partial charge in [-0.3, -0.25) is 9.59 Å². The fraction of sp³-hybridized carbons (Fsp3) is 0.529. The van der Waals surface area contributed by atoms with Crippen molar-refractivity contribution in [3.63, 3.8) is 0 Å². The number of nitrogens with zero attached hydrogens (tertiary/aromatic N) is 2. The second-order valence-corrected chi connectivity index (χ2v) is 5.93. The second-order valence-electron chi connectivity index (χ2n) is 5.93. The first-order valence-electron chi connectivity index (χ1n) is 7.65. The van der Waals surface area contributed by atoms with Gasteiger partial charge in [-0.2, -0.15) is 0 Å². The minimum Gasteiger partial charge on any atom is -0.375 e. The molecule has 2 amide bonds. The lowest BCUT2D eigenvalue weighted by Crippen LogP contribution is -2.58. The summed E-state index contributed by atoms with van der Waals surface area (Å²) < 4.78 is 4.87. The smallest absolute Gasteiger partial charge is 0.249 e. The molecule has 0 N–H and O–H groups in total. The lowest BCUT2D eigenvalue weighted by molar-refractivity contribution is -0.143. The van der Waals surface area contributed by atoms with Crippen LogP contribution in [0.25, 0.3) is 0 Å². The van der Waals surface area contributed by atoms with Crippen molar-refractivity contribution in [1.82, 2.24) is 4.90 Å². The van der Waals surface area contributed by atoms with Crippen molar-refractivity contribution in [2.45, 2.75) is 32.7 Å². The first kappa shape index (κ1) is 16.5. The van der Waals surface area contributed by atoms with Gasteiger partial charge < -0.3 is 14.5 Å². The van der Waals surface area contributed by atoms with E-state index in [1.807, 2.05) is 12.1 Å². The predicted octanol–water partition coefficient (Wildman–Crippen LogP) is 2.02. The summed E-state index contributed by atoms with van der Waals surface area (Å²) in [5, 5.41) is 0. The topological polar surface area (TPSA) is 49.9 Å². The van der Waals surface area contributed by atoms with Gasteiger partial charge in [-0.15, -0.1) is 0 Å². The fourth-order valence-corrected chi connectivity index (χ4v) is 2.71. The Labute approximate surface area is 131 Å². The molecule has 1 aromatic rings. The Morgan fingerprint density at radius 1 is 1.27 bits per heavy atom. The number of piperazine rings is 1. The van der Waals surface area contributed by atoms with E-state index in [1.54, 1.807) is 16.7 Å². The van der Waals surface area contributed by atoms with Crippen molar-refractivity contribution in [2.24, 2.45) is 0 Å². The van der Waals surface area contributed by atoms with Gasteiger partial charge in [0.2, 0.25) is 11.8 Å². The van der Waals surface area contributed by atoms with E-state index in [2.05, 4.69) is 26.0 Å². The molecule has 0 radical (unpaired) electrons. The van der Waals surface area contributed by atoms with Gasteiger partial charge >= 0.3 is 0 Å². The number of carbonyl (C=O) groups excluding carboxylic acids is 2. The first-order valence-corrected chi connectivity index (χ1v) is 7.65. The molecule has 1 aliphatic rings. The van der Waals surface area contributed by atoms with Gasteiger partial charge in [-0.1, -0.05) is 26.0 Å². The van der Waals surface area contributed by atoms with E-state index in [1.165, 1.54) is 12.7 Å². The van der Waals surface area contributed by atoms with Crippen molar-refractivity contribution in [3.8, 4) is 0 Å². The van der Waals surface area contributed by atoms with Gasteiger partial charge in [-0.05, 0) is 30.5 Å².